The normalized spacial score (nSPS) is 15.1. The van der Waals surface area contributed by atoms with E-state index in [-0.39, 0.29) is 5.91 Å². The van der Waals surface area contributed by atoms with Gasteiger partial charge in [-0.3, -0.25) is 9.78 Å². The first-order valence-electron chi connectivity index (χ1n) is 9.98. The van der Waals surface area contributed by atoms with E-state index in [1.807, 2.05) is 31.2 Å². The molecule has 1 aliphatic rings. The summed E-state index contributed by atoms with van der Waals surface area (Å²) in [5.74, 6) is 1.81. The molecule has 1 aromatic carbocycles. The van der Waals surface area contributed by atoms with E-state index in [9.17, 15) is 4.79 Å². The number of fused-ring (bicyclic) bond motifs is 1. The van der Waals surface area contributed by atoms with Gasteiger partial charge in [-0.1, -0.05) is 18.2 Å². The molecule has 9 nitrogen and oxygen atoms in total. The number of anilines is 2. The lowest BCUT2D eigenvalue weighted by Crippen LogP contribution is -2.31. The van der Waals surface area contributed by atoms with Crippen LogP contribution >= 0.6 is 0 Å². The molecule has 0 saturated carbocycles. The molecule has 0 spiro atoms. The monoisotopic (exact) mass is 428 g/mol. The van der Waals surface area contributed by atoms with Crippen molar-refractivity contribution >= 4 is 17.5 Å². The predicted molar refractivity (Wildman–Crippen MR) is 118 cm³/mol. The summed E-state index contributed by atoms with van der Waals surface area (Å²) in [6, 6.07) is 14.1. The third kappa shape index (κ3) is 3.39. The van der Waals surface area contributed by atoms with Crippen LogP contribution in [-0.2, 0) is 4.79 Å². The zero-order valence-electron chi connectivity index (χ0n) is 17.4. The molecule has 0 fully saturated rings. The zero-order valence-corrected chi connectivity index (χ0v) is 17.4. The smallest absolute Gasteiger partial charge is 0.255 e. The summed E-state index contributed by atoms with van der Waals surface area (Å²) in [6.45, 7) is 1.84. The summed E-state index contributed by atoms with van der Waals surface area (Å²) in [5, 5.41) is 10.8. The van der Waals surface area contributed by atoms with E-state index in [4.69, 9.17) is 9.15 Å². The summed E-state index contributed by atoms with van der Waals surface area (Å²) in [7, 11) is 1.60. The molecule has 0 bridgehead atoms. The predicted octanol–water partition coefficient (Wildman–Crippen LogP) is 3.87. The van der Waals surface area contributed by atoms with Gasteiger partial charge in [0.25, 0.3) is 5.91 Å². The molecule has 2 N–H and O–H groups in total. The maximum Gasteiger partial charge on any atom is 0.255 e. The Morgan fingerprint density at radius 3 is 2.81 bits per heavy atom. The van der Waals surface area contributed by atoms with Crippen molar-refractivity contribution in [2.75, 3.05) is 17.7 Å². The largest absolute Gasteiger partial charge is 0.496 e. The maximum absolute atomic E-state index is 13.4. The van der Waals surface area contributed by atoms with Crippen molar-refractivity contribution in [1.82, 2.24) is 19.7 Å². The van der Waals surface area contributed by atoms with Gasteiger partial charge in [0.05, 0.1) is 30.8 Å². The van der Waals surface area contributed by atoms with Crippen molar-refractivity contribution in [3.8, 4) is 17.3 Å². The number of nitrogens with zero attached hydrogens (tertiary/aromatic N) is 4. The molecule has 5 rings (SSSR count). The molecule has 3 aromatic heterocycles. The molecular weight excluding hydrogens is 408 g/mol. The number of rotatable bonds is 5. The average Bonchev–Trinajstić information content (AvgIpc) is 3.48. The fraction of sp³-hybridized carbons (Fsp3) is 0.130. The van der Waals surface area contributed by atoms with Crippen LogP contribution in [0.4, 0.5) is 11.6 Å². The molecule has 1 aliphatic heterocycles. The van der Waals surface area contributed by atoms with E-state index < -0.39 is 6.04 Å². The van der Waals surface area contributed by atoms with E-state index in [0.29, 0.717) is 40.2 Å². The Balaban J connectivity index is 1.64. The summed E-state index contributed by atoms with van der Waals surface area (Å²) in [6.07, 6.45) is 4.81. The van der Waals surface area contributed by atoms with Crippen LogP contribution in [0.25, 0.3) is 11.6 Å². The van der Waals surface area contributed by atoms with Crippen LogP contribution < -0.4 is 15.4 Å². The minimum Gasteiger partial charge on any atom is -0.496 e. The average molecular weight is 428 g/mol. The molecule has 0 saturated heterocycles. The first kappa shape index (κ1) is 19.6. The Morgan fingerprint density at radius 1 is 1.19 bits per heavy atom. The molecule has 4 aromatic rings. The zero-order chi connectivity index (χ0) is 22.1. The number of ether oxygens (including phenoxy) is 1. The van der Waals surface area contributed by atoms with Gasteiger partial charge < -0.3 is 19.8 Å². The first-order chi connectivity index (χ1) is 15.7. The van der Waals surface area contributed by atoms with Crippen molar-refractivity contribution in [3.05, 3.63) is 84.0 Å². The number of carbonyl (C=O) groups is 1. The molecular formula is C23H20N6O3. The van der Waals surface area contributed by atoms with Gasteiger partial charge in [-0.05, 0) is 37.3 Å². The third-order valence-electron chi connectivity index (χ3n) is 5.19. The van der Waals surface area contributed by atoms with Crippen molar-refractivity contribution in [2.24, 2.45) is 0 Å². The quantitative estimate of drug-likeness (QED) is 0.497. The van der Waals surface area contributed by atoms with Crippen LogP contribution in [0, 0.1) is 0 Å². The Kier molecular flexibility index (Phi) is 4.91. The lowest BCUT2D eigenvalue weighted by molar-refractivity contribution is -0.113. The van der Waals surface area contributed by atoms with Gasteiger partial charge in [0, 0.05) is 17.5 Å². The highest BCUT2D eigenvalue weighted by atomic mass is 16.5. The number of methoxy groups -OCH3 is 1. The molecule has 32 heavy (non-hydrogen) atoms. The van der Waals surface area contributed by atoms with Crippen molar-refractivity contribution in [3.63, 3.8) is 0 Å². The number of para-hydroxylation sites is 1. The van der Waals surface area contributed by atoms with Crippen molar-refractivity contribution in [2.45, 2.75) is 13.0 Å². The number of carbonyl (C=O) groups excluding carboxylic acids is 1. The molecule has 0 radical (unpaired) electrons. The number of amides is 1. The molecule has 0 aliphatic carbocycles. The van der Waals surface area contributed by atoms with Gasteiger partial charge in [-0.15, -0.1) is 5.10 Å². The highest BCUT2D eigenvalue weighted by Crippen LogP contribution is 2.40. The van der Waals surface area contributed by atoms with Crippen molar-refractivity contribution < 1.29 is 13.9 Å². The van der Waals surface area contributed by atoms with Crippen LogP contribution in [-0.4, -0.2) is 32.8 Å². The number of aromatic nitrogens is 4. The van der Waals surface area contributed by atoms with Gasteiger partial charge in [-0.2, -0.15) is 4.98 Å². The van der Waals surface area contributed by atoms with Crippen LogP contribution in [0.3, 0.4) is 0 Å². The second kappa shape index (κ2) is 8.03. The molecule has 160 valence electrons. The number of hydrogen-bond acceptors (Lipinski definition) is 7. The van der Waals surface area contributed by atoms with E-state index in [2.05, 4.69) is 25.7 Å². The van der Waals surface area contributed by atoms with Gasteiger partial charge in [0.2, 0.25) is 11.8 Å². The lowest BCUT2D eigenvalue weighted by atomic mass is 9.94. The number of allylic oxidation sites excluding steroid dienone is 1. The number of hydrogen-bond donors (Lipinski definition) is 2. The number of pyridine rings is 1. The number of furan rings is 1. The van der Waals surface area contributed by atoms with Crippen molar-refractivity contribution in [1.29, 1.82) is 0 Å². The maximum atomic E-state index is 13.4. The van der Waals surface area contributed by atoms with E-state index in [1.165, 1.54) is 0 Å². The fourth-order valence-electron chi connectivity index (χ4n) is 3.77. The van der Waals surface area contributed by atoms with Gasteiger partial charge in [0.15, 0.2) is 5.76 Å². The van der Waals surface area contributed by atoms with Crippen LogP contribution in [0.1, 0.15) is 18.5 Å². The fourth-order valence-corrected chi connectivity index (χ4v) is 3.77. The highest BCUT2D eigenvalue weighted by Gasteiger charge is 2.36. The summed E-state index contributed by atoms with van der Waals surface area (Å²) >= 11 is 0. The molecule has 1 atom stereocenters. The SMILES string of the molecule is COc1ccccc1C1C(C(=O)Nc2cccnc2)=C(C)Nc2nc(-c3ccco3)nn21. The standard InChI is InChI=1S/C23H20N6O3/c1-14-19(22(30)26-15-7-5-11-24-13-15)20(16-8-3-4-9-17(16)31-2)29-23(25-14)27-21(28-29)18-10-6-12-32-18/h3-13,20H,1-2H3,(H,26,30)(H,25,27,28). The second-order valence-corrected chi connectivity index (χ2v) is 7.18. The minimum absolute atomic E-state index is 0.278. The third-order valence-corrected chi connectivity index (χ3v) is 5.19. The Hall–Kier alpha value is -4.40. The van der Waals surface area contributed by atoms with Crippen LogP contribution in [0.5, 0.6) is 5.75 Å². The Bertz CT molecular complexity index is 1290. The summed E-state index contributed by atoms with van der Waals surface area (Å²) in [5.41, 5.74) is 2.52. The van der Waals surface area contributed by atoms with Gasteiger partial charge >= 0.3 is 0 Å². The molecule has 9 heteroatoms. The van der Waals surface area contributed by atoms with E-state index in [0.717, 1.165) is 5.56 Å². The van der Waals surface area contributed by atoms with Crippen LogP contribution in [0.2, 0.25) is 0 Å². The van der Waals surface area contributed by atoms with Gasteiger partial charge in [-0.25, -0.2) is 4.68 Å². The minimum atomic E-state index is -0.574. The number of benzene rings is 1. The van der Waals surface area contributed by atoms with Gasteiger partial charge in [0.1, 0.15) is 11.8 Å². The Morgan fingerprint density at radius 2 is 2.06 bits per heavy atom. The molecule has 4 heterocycles. The van der Waals surface area contributed by atoms with Crippen LogP contribution in [0.15, 0.2) is 82.9 Å². The highest BCUT2D eigenvalue weighted by molar-refractivity contribution is 6.06. The summed E-state index contributed by atoms with van der Waals surface area (Å²) < 4.78 is 12.8. The topological polar surface area (TPSA) is 107 Å². The number of nitrogens with one attached hydrogen (secondary N) is 2. The lowest BCUT2D eigenvalue weighted by Gasteiger charge is -2.29. The Labute approximate surface area is 183 Å². The first-order valence-corrected chi connectivity index (χ1v) is 9.98. The second-order valence-electron chi connectivity index (χ2n) is 7.18. The van der Waals surface area contributed by atoms with E-state index >= 15 is 0 Å². The molecule has 1 amide bonds. The van der Waals surface area contributed by atoms with E-state index in [1.54, 1.807) is 54.7 Å². The summed E-state index contributed by atoms with van der Waals surface area (Å²) in [4.78, 5) is 22.1. The molecule has 1 unspecified atom stereocenters.